The van der Waals surface area contributed by atoms with Gasteiger partial charge in [0.1, 0.15) is 0 Å². The van der Waals surface area contributed by atoms with Crippen molar-refractivity contribution in [2.75, 3.05) is 0 Å². The molecule has 0 saturated heterocycles. The average Bonchev–Trinajstić information content (AvgIpc) is 2.63. The summed E-state index contributed by atoms with van der Waals surface area (Å²) in [4.78, 5) is 0. The Hall–Kier alpha value is -2.54. The van der Waals surface area contributed by atoms with Crippen LogP contribution in [0.4, 0.5) is 0 Å². The van der Waals surface area contributed by atoms with Crippen LogP contribution >= 0.6 is 0 Å². The molecule has 2 aromatic carbocycles. The van der Waals surface area contributed by atoms with Crippen LogP contribution in [0.3, 0.4) is 0 Å². The largest absolute Gasteiger partial charge is 0.156 e. The van der Waals surface area contributed by atoms with Gasteiger partial charge in [0.15, 0.2) is 7.28 Å². The molecule has 0 N–H and O–H groups in total. The van der Waals surface area contributed by atoms with Crippen LogP contribution in [-0.2, 0) is 6.32 Å². The molecule has 0 fully saturated rings. The van der Waals surface area contributed by atoms with E-state index in [0.717, 1.165) is 25.6 Å². The van der Waals surface area contributed by atoms with Gasteiger partial charge in [0.2, 0.25) is 0 Å². The van der Waals surface area contributed by atoms with Crippen molar-refractivity contribution >= 4 is 12.9 Å². The lowest BCUT2D eigenvalue weighted by Gasteiger charge is -2.07. The van der Waals surface area contributed by atoms with E-state index in [0.29, 0.717) is 0 Å². The first-order valence-electron chi connectivity index (χ1n) is 9.29. The van der Waals surface area contributed by atoms with Crippen molar-refractivity contribution in [3.8, 4) is 0 Å². The highest BCUT2D eigenvalue weighted by Gasteiger charge is 2.02. The Morgan fingerprint density at radius 3 is 2.35 bits per heavy atom. The number of allylic oxidation sites excluding steroid dienone is 6. The molecule has 1 heteroatoms. The fraction of sp³-hybridized carbons (Fsp3) is 0.200. The standard InChI is InChI=1S/C25H29B/c1-6-23(13-12-21(4)25-14-10-19(2)11-15-25)17-22(5)26-18-24-9-7-8-20(3)16-24/h6-16,26H,4-5,17-18H2,1-3H3/b13-12-,23-6+. The van der Waals surface area contributed by atoms with Crippen molar-refractivity contribution in [1.82, 2.24) is 0 Å². The lowest BCUT2D eigenvalue weighted by atomic mass is 9.63. The van der Waals surface area contributed by atoms with E-state index in [1.54, 1.807) is 0 Å². The summed E-state index contributed by atoms with van der Waals surface area (Å²) in [6.07, 6.45) is 8.40. The van der Waals surface area contributed by atoms with Crippen LogP contribution in [0.5, 0.6) is 0 Å². The second-order valence-corrected chi connectivity index (χ2v) is 7.00. The van der Waals surface area contributed by atoms with E-state index >= 15 is 0 Å². The van der Waals surface area contributed by atoms with E-state index in [9.17, 15) is 0 Å². The van der Waals surface area contributed by atoms with E-state index in [4.69, 9.17) is 0 Å². The molecule has 0 radical (unpaired) electrons. The topological polar surface area (TPSA) is 0 Å². The molecule has 0 aliphatic rings. The molecule has 0 amide bonds. The first-order chi connectivity index (χ1) is 12.5. The van der Waals surface area contributed by atoms with Crippen LogP contribution in [0.15, 0.2) is 91.0 Å². The van der Waals surface area contributed by atoms with Gasteiger partial charge < -0.3 is 0 Å². The van der Waals surface area contributed by atoms with Gasteiger partial charge in [0.05, 0.1) is 0 Å². The van der Waals surface area contributed by atoms with Crippen molar-refractivity contribution in [3.05, 3.63) is 113 Å². The smallest absolute Gasteiger partial charge is 0.109 e. The second kappa shape index (κ2) is 9.82. The predicted molar refractivity (Wildman–Crippen MR) is 119 cm³/mol. The highest BCUT2D eigenvalue weighted by molar-refractivity contribution is 6.44. The lowest BCUT2D eigenvalue weighted by Crippen LogP contribution is -2.01. The minimum absolute atomic E-state index is 0.917. The summed E-state index contributed by atoms with van der Waals surface area (Å²) in [6, 6.07) is 17.2. The molecule has 132 valence electrons. The number of benzene rings is 2. The van der Waals surface area contributed by atoms with Gasteiger partial charge >= 0.3 is 0 Å². The quantitative estimate of drug-likeness (QED) is 0.387. The minimum atomic E-state index is 0.917. The van der Waals surface area contributed by atoms with Gasteiger partial charge in [-0.2, -0.15) is 0 Å². The molecule has 2 rings (SSSR count). The summed E-state index contributed by atoms with van der Waals surface area (Å²) in [5, 5.41) is 0. The Kier molecular flexibility index (Phi) is 7.47. The first-order valence-corrected chi connectivity index (χ1v) is 9.29. The van der Waals surface area contributed by atoms with Crippen LogP contribution in [-0.4, -0.2) is 7.28 Å². The second-order valence-electron chi connectivity index (χ2n) is 7.00. The summed E-state index contributed by atoms with van der Waals surface area (Å²) in [5.41, 5.74) is 8.73. The molecule has 2 aromatic rings. The van der Waals surface area contributed by atoms with Gasteiger partial charge in [-0.15, -0.1) is 12.1 Å². The Morgan fingerprint density at radius 1 is 0.962 bits per heavy atom. The Bertz CT molecular complexity index is 819. The molecule has 0 heterocycles. The Morgan fingerprint density at radius 2 is 1.69 bits per heavy atom. The minimum Gasteiger partial charge on any atom is -0.109 e. The molecule has 0 aromatic heterocycles. The molecule has 0 bridgehead atoms. The predicted octanol–water partition coefficient (Wildman–Crippen LogP) is 6.36. The Labute approximate surface area is 159 Å². The molecule has 0 aliphatic carbocycles. The average molecular weight is 340 g/mol. The maximum Gasteiger partial charge on any atom is 0.156 e. The van der Waals surface area contributed by atoms with Crippen LogP contribution < -0.4 is 0 Å². The number of hydrogen-bond donors (Lipinski definition) is 0. The third-order valence-corrected chi connectivity index (χ3v) is 4.60. The van der Waals surface area contributed by atoms with E-state index in [1.807, 2.05) is 0 Å². The number of aryl methyl sites for hydroxylation is 2. The monoisotopic (exact) mass is 340 g/mol. The molecule has 26 heavy (non-hydrogen) atoms. The fourth-order valence-corrected chi connectivity index (χ4v) is 2.89. The van der Waals surface area contributed by atoms with Gasteiger partial charge in [0, 0.05) is 0 Å². The molecule has 0 saturated carbocycles. The SMILES string of the molecule is C=C(BCc1cccc(C)c1)CC(/C=C\C(=C)c1ccc(C)cc1)=C/C. The Balaban J connectivity index is 1.88. The number of hydrogen-bond acceptors (Lipinski definition) is 0. The van der Waals surface area contributed by atoms with E-state index < -0.39 is 0 Å². The third-order valence-electron chi connectivity index (χ3n) is 4.60. The zero-order valence-corrected chi connectivity index (χ0v) is 16.4. The van der Waals surface area contributed by atoms with Crippen molar-refractivity contribution in [3.63, 3.8) is 0 Å². The summed E-state index contributed by atoms with van der Waals surface area (Å²) in [7, 11) is 1.02. The van der Waals surface area contributed by atoms with Crippen molar-refractivity contribution < 1.29 is 0 Å². The number of rotatable bonds is 8. The van der Waals surface area contributed by atoms with Crippen molar-refractivity contribution in [2.24, 2.45) is 0 Å². The third kappa shape index (κ3) is 6.40. The van der Waals surface area contributed by atoms with Crippen LogP contribution in [0.25, 0.3) is 5.57 Å². The summed E-state index contributed by atoms with van der Waals surface area (Å²) in [6.45, 7) is 14.8. The molecule has 0 spiro atoms. The van der Waals surface area contributed by atoms with Crippen LogP contribution in [0, 0.1) is 13.8 Å². The highest BCUT2D eigenvalue weighted by atomic mass is 14.0. The highest BCUT2D eigenvalue weighted by Crippen LogP contribution is 2.18. The van der Waals surface area contributed by atoms with Gasteiger partial charge in [0.25, 0.3) is 0 Å². The van der Waals surface area contributed by atoms with Gasteiger partial charge in [-0.1, -0.05) is 90.0 Å². The van der Waals surface area contributed by atoms with Crippen molar-refractivity contribution in [2.45, 2.75) is 33.5 Å². The summed E-state index contributed by atoms with van der Waals surface area (Å²) in [5.74, 6) is 0. The normalized spacial score (nSPS) is 11.6. The zero-order valence-electron chi connectivity index (χ0n) is 16.4. The van der Waals surface area contributed by atoms with Gasteiger partial charge in [-0.3, -0.25) is 0 Å². The summed E-state index contributed by atoms with van der Waals surface area (Å²) >= 11 is 0. The molecule has 0 aliphatic heterocycles. The first kappa shape index (κ1) is 19.8. The molecule has 0 atom stereocenters. The van der Waals surface area contributed by atoms with Gasteiger partial charge in [-0.25, -0.2) is 0 Å². The maximum absolute atomic E-state index is 4.28. The molecule has 0 unspecified atom stereocenters. The molecular weight excluding hydrogens is 311 g/mol. The maximum atomic E-state index is 4.28. The lowest BCUT2D eigenvalue weighted by molar-refractivity contribution is 1.23. The van der Waals surface area contributed by atoms with E-state index in [2.05, 4.69) is 101 Å². The summed E-state index contributed by atoms with van der Waals surface area (Å²) < 4.78 is 0. The molecule has 0 nitrogen and oxygen atoms in total. The van der Waals surface area contributed by atoms with E-state index in [1.165, 1.54) is 33.3 Å². The zero-order chi connectivity index (χ0) is 18.9. The van der Waals surface area contributed by atoms with Gasteiger partial charge in [-0.05, 0) is 50.2 Å². The van der Waals surface area contributed by atoms with E-state index in [-0.39, 0.29) is 0 Å². The van der Waals surface area contributed by atoms with Crippen molar-refractivity contribution in [1.29, 1.82) is 0 Å². The van der Waals surface area contributed by atoms with Crippen LogP contribution in [0.1, 0.15) is 35.6 Å². The molecular formula is C25H29B. The fourth-order valence-electron chi connectivity index (χ4n) is 2.89. The van der Waals surface area contributed by atoms with Crippen LogP contribution in [0.2, 0.25) is 0 Å².